The number of aromatic nitrogens is 3. The molecule has 0 aliphatic heterocycles. The summed E-state index contributed by atoms with van der Waals surface area (Å²) < 4.78 is 1.77. The zero-order chi connectivity index (χ0) is 19.5. The number of carbonyl (C=O) groups is 2. The number of para-hydroxylation sites is 3. The molecule has 7 nitrogen and oxygen atoms in total. The average Bonchev–Trinajstić information content (AvgIpc) is 3.26. The van der Waals surface area contributed by atoms with Gasteiger partial charge in [-0.05, 0) is 31.2 Å². The average molecular weight is 391 g/mol. The van der Waals surface area contributed by atoms with Gasteiger partial charge >= 0.3 is 0 Å². The minimum atomic E-state index is -0.248. The van der Waals surface area contributed by atoms with Crippen molar-refractivity contribution >= 4 is 45.0 Å². The maximum Gasteiger partial charge on any atom is 0.267 e. The summed E-state index contributed by atoms with van der Waals surface area (Å²) in [5.41, 5.74) is 3.00. The van der Waals surface area contributed by atoms with E-state index in [4.69, 9.17) is 0 Å². The summed E-state index contributed by atoms with van der Waals surface area (Å²) in [6, 6.07) is 16.8. The van der Waals surface area contributed by atoms with Crippen LogP contribution >= 0.6 is 11.3 Å². The van der Waals surface area contributed by atoms with Crippen LogP contribution in [0.5, 0.6) is 0 Å². The molecular weight excluding hydrogens is 374 g/mol. The van der Waals surface area contributed by atoms with Crippen molar-refractivity contribution in [3.63, 3.8) is 0 Å². The van der Waals surface area contributed by atoms with Crippen molar-refractivity contribution in [1.29, 1.82) is 0 Å². The molecule has 2 heterocycles. The van der Waals surface area contributed by atoms with Gasteiger partial charge in [-0.3, -0.25) is 9.59 Å². The van der Waals surface area contributed by atoms with E-state index < -0.39 is 0 Å². The number of fused-ring (bicyclic) bond motifs is 1. The smallest absolute Gasteiger partial charge is 0.267 e. The molecule has 4 aromatic rings. The first-order chi connectivity index (χ1) is 13.6. The van der Waals surface area contributed by atoms with Gasteiger partial charge in [-0.25, -0.2) is 9.97 Å². The Labute approximate surface area is 165 Å². The number of thiazole rings is 1. The van der Waals surface area contributed by atoms with E-state index in [1.165, 1.54) is 0 Å². The number of amides is 2. The number of nitrogens with one attached hydrogen (secondary N) is 2. The van der Waals surface area contributed by atoms with Gasteiger partial charge < -0.3 is 15.2 Å². The molecule has 2 N–H and O–H groups in total. The molecule has 2 amide bonds. The van der Waals surface area contributed by atoms with Crippen molar-refractivity contribution in [2.75, 3.05) is 10.6 Å². The van der Waals surface area contributed by atoms with Crippen LogP contribution < -0.4 is 10.6 Å². The quantitative estimate of drug-likeness (QED) is 0.543. The Morgan fingerprint density at radius 3 is 2.61 bits per heavy atom. The third-order valence-corrected chi connectivity index (χ3v) is 5.19. The Kier molecular flexibility index (Phi) is 4.86. The summed E-state index contributed by atoms with van der Waals surface area (Å²) in [7, 11) is 0. The Morgan fingerprint density at radius 1 is 1.04 bits per heavy atom. The molecule has 2 aromatic carbocycles. The molecule has 140 valence electrons. The summed E-state index contributed by atoms with van der Waals surface area (Å²) in [6.07, 6.45) is 1.64. The third-order valence-electron chi connectivity index (χ3n) is 4.12. The summed E-state index contributed by atoms with van der Waals surface area (Å²) >= 11 is 1.15. The van der Waals surface area contributed by atoms with Gasteiger partial charge in [0.2, 0.25) is 5.91 Å². The predicted molar refractivity (Wildman–Crippen MR) is 110 cm³/mol. The molecule has 0 saturated carbocycles. The summed E-state index contributed by atoms with van der Waals surface area (Å²) in [4.78, 5) is 33.9. The first kappa shape index (κ1) is 17.9. The zero-order valence-corrected chi connectivity index (χ0v) is 15.9. The van der Waals surface area contributed by atoms with Crippen LogP contribution in [0.1, 0.15) is 15.4 Å². The largest absolute Gasteiger partial charge is 0.321 e. The summed E-state index contributed by atoms with van der Waals surface area (Å²) in [6.45, 7) is 1.86. The van der Waals surface area contributed by atoms with Crippen LogP contribution in [0.4, 0.5) is 10.8 Å². The van der Waals surface area contributed by atoms with E-state index in [0.29, 0.717) is 21.4 Å². The van der Waals surface area contributed by atoms with Gasteiger partial charge in [0, 0.05) is 5.69 Å². The number of rotatable bonds is 5. The molecular formula is C20H17N5O2S. The molecule has 0 unspecified atom stereocenters. The number of hydrogen-bond donors (Lipinski definition) is 2. The van der Waals surface area contributed by atoms with Gasteiger partial charge in [-0.1, -0.05) is 41.7 Å². The molecule has 0 atom stereocenters. The standard InChI is InChI=1S/C20H17N5O2S/c1-13-18(19(27)23-14-7-3-2-4-8-14)28-20(22-13)24-17(26)11-25-12-21-15-9-5-6-10-16(15)25/h2-10,12H,11H2,1H3,(H,23,27)(H,22,24,26). The number of imidazole rings is 1. The minimum absolute atomic E-state index is 0.116. The molecule has 0 aliphatic rings. The Hall–Kier alpha value is -3.52. The highest BCUT2D eigenvalue weighted by Gasteiger charge is 2.17. The van der Waals surface area contributed by atoms with E-state index in [1.807, 2.05) is 54.6 Å². The molecule has 0 radical (unpaired) electrons. The lowest BCUT2D eigenvalue weighted by Gasteiger charge is -2.04. The monoisotopic (exact) mass is 391 g/mol. The Morgan fingerprint density at radius 2 is 1.79 bits per heavy atom. The van der Waals surface area contributed by atoms with Crippen LogP contribution in [0.3, 0.4) is 0 Å². The van der Waals surface area contributed by atoms with Crippen LogP contribution in [-0.2, 0) is 11.3 Å². The first-order valence-corrected chi connectivity index (χ1v) is 9.45. The fraction of sp³-hybridized carbons (Fsp3) is 0.100. The van der Waals surface area contributed by atoms with Crippen LogP contribution in [0.25, 0.3) is 11.0 Å². The SMILES string of the molecule is Cc1nc(NC(=O)Cn2cnc3ccccc32)sc1C(=O)Nc1ccccc1. The molecule has 0 saturated heterocycles. The maximum absolute atomic E-state index is 12.5. The van der Waals surface area contributed by atoms with Crippen molar-refractivity contribution in [3.8, 4) is 0 Å². The molecule has 28 heavy (non-hydrogen) atoms. The number of anilines is 2. The molecule has 8 heteroatoms. The van der Waals surface area contributed by atoms with Crippen molar-refractivity contribution in [2.24, 2.45) is 0 Å². The number of hydrogen-bond acceptors (Lipinski definition) is 5. The first-order valence-electron chi connectivity index (χ1n) is 8.64. The molecule has 0 aliphatic carbocycles. The second-order valence-electron chi connectivity index (χ2n) is 6.16. The molecule has 0 spiro atoms. The topological polar surface area (TPSA) is 88.9 Å². The van der Waals surface area contributed by atoms with E-state index in [-0.39, 0.29) is 18.4 Å². The maximum atomic E-state index is 12.5. The van der Waals surface area contributed by atoms with Crippen molar-refractivity contribution in [3.05, 3.63) is 71.5 Å². The van der Waals surface area contributed by atoms with Crippen LogP contribution in [0, 0.1) is 6.92 Å². The van der Waals surface area contributed by atoms with Gasteiger partial charge in [0.05, 0.1) is 23.1 Å². The number of aryl methyl sites for hydroxylation is 1. The second-order valence-corrected chi connectivity index (χ2v) is 7.16. The highest BCUT2D eigenvalue weighted by molar-refractivity contribution is 7.17. The Bertz CT molecular complexity index is 1150. The lowest BCUT2D eigenvalue weighted by atomic mass is 10.3. The van der Waals surface area contributed by atoms with Crippen molar-refractivity contribution in [1.82, 2.24) is 14.5 Å². The molecule has 0 fully saturated rings. The van der Waals surface area contributed by atoms with Gasteiger partial charge in [0.1, 0.15) is 11.4 Å². The predicted octanol–water partition coefficient (Wildman–Crippen LogP) is 3.69. The van der Waals surface area contributed by atoms with Crippen LogP contribution in [0.15, 0.2) is 60.9 Å². The second kappa shape index (κ2) is 7.61. The fourth-order valence-corrected chi connectivity index (χ4v) is 3.70. The highest BCUT2D eigenvalue weighted by Crippen LogP contribution is 2.24. The van der Waals surface area contributed by atoms with Gasteiger partial charge in [0.15, 0.2) is 5.13 Å². The van der Waals surface area contributed by atoms with Crippen molar-refractivity contribution < 1.29 is 9.59 Å². The Balaban J connectivity index is 1.44. The van der Waals surface area contributed by atoms with E-state index in [2.05, 4.69) is 20.6 Å². The normalized spacial score (nSPS) is 10.8. The minimum Gasteiger partial charge on any atom is -0.321 e. The molecule has 0 bridgehead atoms. The van der Waals surface area contributed by atoms with Gasteiger partial charge in [-0.2, -0.15) is 0 Å². The third kappa shape index (κ3) is 3.77. The van der Waals surface area contributed by atoms with E-state index >= 15 is 0 Å². The van der Waals surface area contributed by atoms with Crippen molar-refractivity contribution in [2.45, 2.75) is 13.5 Å². The lowest BCUT2D eigenvalue weighted by molar-refractivity contribution is -0.116. The molecule has 2 aromatic heterocycles. The molecule has 4 rings (SSSR count). The van der Waals surface area contributed by atoms with E-state index in [0.717, 1.165) is 22.4 Å². The summed E-state index contributed by atoms with van der Waals surface area (Å²) in [5, 5.41) is 5.99. The van der Waals surface area contributed by atoms with Crippen LogP contribution in [0.2, 0.25) is 0 Å². The van der Waals surface area contributed by atoms with Crippen LogP contribution in [-0.4, -0.2) is 26.3 Å². The van der Waals surface area contributed by atoms with E-state index in [1.54, 1.807) is 17.8 Å². The zero-order valence-electron chi connectivity index (χ0n) is 15.0. The van der Waals surface area contributed by atoms with Gasteiger partial charge in [-0.15, -0.1) is 0 Å². The number of carbonyl (C=O) groups excluding carboxylic acids is 2. The number of nitrogens with zero attached hydrogens (tertiary/aromatic N) is 3. The number of benzene rings is 2. The van der Waals surface area contributed by atoms with E-state index in [9.17, 15) is 9.59 Å². The van der Waals surface area contributed by atoms with Gasteiger partial charge in [0.25, 0.3) is 5.91 Å². The summed E-state index contributed by atoms with van der Waals surface area (Å²) in [5.74, 6) is -0.478. The lowest BCUT2D eigenvalue weighted by Crippen LogP contribution is -2.18. The highest BCUT2D eigenvalue weighted by atomic mass is 32.1. The fourth-order valence-electron chi connectivity index (χ4n) is 2.82.